The Hall–Kier alpha value is -1.46. The van der Waals surface area contributed by atoms with Gasteiger partial charge in [0, 0.05) is 23.2 Å². The lowest BCUT2D eigenvalue weighted by Crippen LogP contribution is -2.18. The molecule has 1 aromatic heterocycles. The van der Waals surface area contributed by atoms with E-state index < -0.39 is 0 Å². The SMILES string of the molecule is CCN(c1ccc(F)cc1)c1nc2c(s1)CCCC2N. The lowest BCUT2D eigenvalue weighted by atomic mass is 9.99. The van der Waals surface area contributed by atoms with Crippen molar-refractivity contribution in [2.75, 3.05) is 11.4 Å². The van der Waals surface area contributed by atoms with Crippen molar-refractivity contribution in [2.45, 2.75) is 32.2 Å². The van der Waals surface area contributed by atoms with Crippen molar-refractivity contribution in [2.24, 2.45) is 5.73 Å². The van der Waals surface area contributed by atoms with Gasteiger partial charge in [0.15, 0.2) is 5.13 Å². The zero-order valence-electron chi connectivity index (χ0n) is 11.5. The van der Waals surface area contributed by atoms with Gasteiger partial charge in [-0.05, 0) is 50.5 Å². The third-order valence-corrected chi connectivity index (χ3v) is 4.83. The van der Waals surface area contributed by atoms with Gasteiger partial charge in [-0.15, -0.1) is 11.3 Å². The van der Waals surface area contributed by atoms with E-state index in [0.717, 1.165) is 42.3 Å². The molecule has 1 aromatic carbocycles. The molecule has 0 saturated heterocycles. The van der Waals surface area contributed by atoms with Gasteiger partial charge in [0.2, 0.25) is 0 Å². The number of fused-ring (bicyclic) bond motifs is 1. The maximum Gasteiger partial charge on any atom is 0.190 e. The Balaban J connectivity index is 1.95. The van der Waals surface area contributed by atoms with Gasteiger partial charge in [-0.3, -0.25) is 0 Å². The number of aryl methyl sites for hydroxylation is 1. The summed E-state index contributed by atoms with van der Waals surface area (Å²) in [6.45, 7) is 2.87. The fourth-order valence-electron chi connectivity index (χ4n) is 2.60. The highest BCUT2D eigenvalue weighted by Gasteiger charge is 2.23. The smallest absolute Gasteiger partial charge is 0.190 e. The average molecular weight is 291 g/mol. The minimum atomic E-state index is -0.217. The second kappa shape index (κ2) is 5.50. The molecular formula is C15H18FN3S. The molecule has 1 aliphatic rings. The Bertz CT molecular complexity index is 594. The third kappa shape index (κ3) is 2.43. The first-order valence-corrected chi connectivity index (χ1v) is 7.79. The van der Waals surface area contributed by atoms with Crippen LogP contribution in [0.4, 0.5) is 15.2 Å². The lowest BCUT2D eigenvalue weighted by Gasteiger charge is -2.19. The minimum Gasteiger partial charge on any atom is -0.323 e. The molecule has 2 N–H and O–H groups in total. The summed E-state index contributed by atoms with van der Waals surface area (Å²) in [5.74, 6) is -0.217. The number of hydrogen-bond acceptors (Lipinski definition) is 4. The van der Waals surface area contributed by atoms with Gasteiger partial charge in [0.1, 0.15) is 5.82 Å². The number of nitrogens with zero attached hydrogens (tertiary/aromatic N) is 2. The van der Waals surface area contributed by atoms with Gasteiger partial charge in [-0.2, -0.15) is 0 Å². The second-order valence-corrected chi connectivity index (χ2v) is 6.09. The number of aromatic nitrogens is 1. The Morgan fingerprint density at radius 3 is 2.80 bits per heavy atom. The molecule has 1 heterocycles. The van der Waals surface area contributed by atoms with Crippen LogP contribution in [0.3, 0.4) is 0 Å². The molecule has 1 aliphatic carbocycles. The highest BCUT2D eigenvalue weighted by atomic mass is 32.1. The quantitative estimate of drug-likeness (QED) is 0.936. The van der Waals surface area contributed by atoms with Crippen LogP contribution in [-0.4, -0.2) is 11.5 Å². The Morgan fingerprint density at radius 2 is 2.15 bits per heavy atom. The largest absolute Gasteiger partial charge is 0.323 e. The summed E-state index contributed by atoms with van der Waals surface area (Å²) in [7, 11) is 0. The van der Waals surface area contributed by atoms with E-state index in [1.807, 2.05) is 0 Å². The summed E-state index contributed by atoms with van der Waals surface area (Å²) in [5, 5.41) is 0.960. The van der Waals surface area contributed by atoms with E-state index in [1.165, 1.54) is 17.0 Å². The molecule has 1 unspecified atom stereocenters. The molecule has 0 fully saturated rings. The van der Waals surface area contributed by atoms with Gasteiger partial charge in [0.25, 0.3) is 0 Å². The number of hydrogen-bond donors (Lipinski definition) is 1. The topological polar surface area (TPSA) is 42.2 Å². The number of thiazole rings is 1. The molecule has 0 bridgehead atoms. The number of nitrogens with two attached hydrogens (primary N) is 1. The summed E-state index contributed by atoms with van der Waals surface area (Å²) >= 11 is 1.71. The van der Waals surface area contributed by atoms with Crippen LogP contribution in [0, 0.1) is 5.82 Å². The van der Waals surface area contributed by atoms with Gasteiger partial charge >= 0.3 is 0 Å². The van der Waals surface area contributed by atoms with Crippen molar-refractivity contribution in [1.82, 2.24) is 4.98 Å². The third-order valence-electron chi connectivity index (χ3n) is 3.67. The number of benzene rings is 1. The molecule has 3 nitrogen and oxygen atoms in total. The van der Waals surface area contributed by atoms with Crippen LogP contribution in [0.2, 0.25) is 0 Å². The van der Waals surface area contributed by atoms with Crippen molar-refractivity contribution in [1.29, 1.82) is 0 Å². The predicted octanol–water partition coefficient (Wildman–Crippen LogP) is 3.78. The van der Waals surface area contributed by atoms with Crippen molar-refractivity contribution in [3.05, 3.63) is 40.7 Å². The number of anilines is 2. The summed E-state index contributed by atoms with van der Waals surface area (Å²) in [4.78, 5) is 8.14. The Labute approximate surface area is 122 Å². The fraction of sp³-hybridized carbons (Fsp3) is 0.400. The summed E-state index contributed by atoms with van der Waals surface area (Å²) < 4.78 is 13.0. The van der Waals surface area contributed by atoms with Gasteiger partial charge in [-0.25, -0.2) is 9.37 Å². The standard InChI is InChI=1S/C15H18FN3S/c1-2-19(11-8-6-10(16)7-9-11)15-18-14-12(17)4-3-5-13(14)20-15/h6-9,12H,2-5,17H2,1H3. The molecule has 2 aromatic rings. The summed E-state index contributed by atoms with van der Waals surface area (Å²) in [5.41, 5.74) is 8.15. The van der Waals surface area contributed by atoms with Crippen molar-refractivity contribution in [3.8, 4) is 0 Å². The Kier molecular flexibility index (Phi) is 3.72. The van der Waals surface area contributed by atoms with Crippen LogP contribution in [0.5, 0.6) is 0 Å². The van der Waals surface area contributed by atoms with Crippen LogP contribution in [0.25, 0.3) is 0 Å². The molecule has 0 aliphatic heterocycles. The number of rotatable bonds is 3. The van der Waals surface area contributed by atoms with Gasteiger partial charge < -0.3 is 10.6 Å². The zero-order chi connectivity index (χ0) is 14.1. The molecule has 0 amide bonds. The predicted molar refractivity (Wildman–Crippen MR) is 81.1 cm³/mol. The van der Waals surface area contributed by atoms with Crippen molar-refractivity contribution < 1.29 is 4.39 Å². The first-order valence-electron chi connectivity index (χ1n) is 6.97. The van der Waals surface area contributed by atoms with E-state index in [-0.39, 0.29) is 11.9 Å². The van der Waals surface area contributed by atoms with Crippen LogP contribution >= 0.6 is 11.3 Å². The normalized spacial score (nSPS) is 17.9. The molecule has 20 heavy (non-hydrogen) atoms. The average Bonchev–Trinajstić information content (AvgIpc) is 2.87. The first-order chi connectivity index (χ1) is 9.69. The van der Waals surface area contributed by atoms with Gasteiger partial charge in [-0.1, -0.05) is 0 Å². The van der Waals surface area contributed by atoms with E-state index in [1.54, 1.807) is 23.5 Å². The molecule has 106 valence electrons. The fourth-order valence-corrected chi connectivity index (χ4v) is 3.86. The monoisotopic (exact) mass is 291 g/mol. The molecule has 1 atom stereocenters. The van der Waals surface area contributed by atoms with E-state index in [4.69, 9.17) is 10.7 Å². The molecule has 5 heteroatoms. The maximum atomic E-state index is 13.0. The van der Waals surface area contributed by atoms with E-state index in [0.29, 0.717) is 0 Å². The second-order valence-electron chi connectivity index (χ2n) is 5.02. The number of halogens is 1. The zero-order valence-corrected chi connectivity index (χ0v) is 12.3. The van der Waals surface area contributed by atoms with Crippen LogP contribution < -0.4 is 10.6 Å². The van der Waals surface area contributed by atoms with E-state index >= 15 is 0 Å². The van der Waals surface area contributed by atoms with Crippen LogP contribution in [0.1, 0.15) is 36.4 Å². The maximum absolute atomic E-state index is 13.0. The van der Waals surface area contributed by atoms with Gasteiger partial charge in [0.05, 0.1) is 5.69 Å². The van der Waals surface area contributed by atoms with Crippen LogP contribution in [-0.2, 0) is 6.42 Å². The highest BCUT2D eigenvalue weighted by Crippen LogP contribution is 2.37. The molecule has 3 rings (SSSR count). The highest BCUT2D eigenvalue weighted by molar-refractivity contribution is 7.15. The lowest BCUT2D eigenvalue weighted by molar-refractivity contribution is 0.563. The van der Waals surface area contributed by atoms with Crippen LogP contribution in [0.15, 0.2) is 24.3 Å². The minimum absolute atomic E-state index is 0.0654. The first kappa shape index (κ1) is 13.5. The molecule has 0 saturated carbocycles. The van der Waals surface area contributed by atoms with E-state index in [9.17, 15) is 4.39 Å². The molecular weight excluding hydrogens is 273 g/mol. The van der Waals surface area contributed by atoms with Crippen molar-refractivity contribution >= 4 is 22.2 Å². The van der Waals surface area contributed by atoms with E-state index in [2.05, 4.69) is 11.8 Å². The molecule has 0 spiro atoms. The summed E-state index contributed by atoms with van der Waals surface area (Å²) in [6.07, 6.45) is 3.22. The Morgan fingerprint density at radius 1 is 1.40 bits per heavy atom. The summed E-state index contributed by atoms with van der Waals surface area (Å²) in [6, 6.07) is 6.61. The van der Waals surface area contributed by atoms with Crippen molar-refractivity contribution in [3.63, 3.8) is 0 Å². The molecule has 0 radical (unpaired) electrons.